The molecule has 1 heterocycles. The highest BCUT2D eigenvalue weighted by Crippen LogP contribution is 2.12. The van der Waals surface area contributed by atoms with Gasteiger partial charge >= 0.3 is 0 Å². The highest BCUT2D eigenvalue weighted by atomic mass is 32.2. The molecule has 1 aliphatic rings. The fraction of sp³-hybridized carbons (Fsp3) is 1.00. The summed E-state index contributed by atoms with van der Waals surface area (Å²) >= 11 is 0. The average molecular weight is 229 g/mol. The molecule has 1 aliphatic heterocycles. The molecule has 0 radical (unpaired) electrons. The van der Waals surface area contributed by atoms with Crippen LogP contribution in [0.1, 0.15) is 6.42 Å². The Kier molecular flexibility index (Phi) is 4.21. The van der Waals surface area contributed by atoms with Gasteiger partial charge in [-0.2, -0.15) is 0 Å². The van der Waals surface area contributed by atoms with Crippen molar-refractivity contribution in [3.63, 3.8) is 0 Å². The molecule has 1 fully saturated rings. The van der Waals surface area contributed by atoms with E-state index in [1.807, 2.05) is 0 Å². The summed E-state index contributed by atoms with van der Waals surface area (Å²) in [5.41, 5.74) is 0. The molecule has 0 aromatic heterocycles. The van der Waals surface area contributed by atoms with Crippen LogP contribution in [-0.2, 0) is 14.8 Å². The molecule has 0 atom stereocenters. The number of alkyl halides is 2. The summed E-state index contributed by atoms with van der Waals surface area (Å²) in [6.07, 6.45) is -1.67. The predicted octanol–water partition coefficient (Wildman–Crippen LogP) is 0.304. The molecule has 0 amide bonds. The first-order valence-electron chi connectivity index (χ1n) is 4.36. The second kappa shape index (κ2) is 4.99. The molecule has 4 nitrogen and oxygen atoms in total. The lowest BCUT2D eigenvalue weighted by atomic mass is 10.3. The van der Waals surface area contributed by atoms with E-state index in [0.29, 0.717) is 13.1 Å². The van der Waals surface area contributed by atoms with Crippen molar-refractivity contribution < 1.29 is 21.9 Å². The van der Waals surface area contributed by atoms with Crippen molar-refractivity contribution in [2.45, 2.75) is 12.8 Å². The van der Waals surface area contributed by atoms with Gasteiger partial charge in [0.1, 0.15) is 6.61 Å². The zero-order valence-electron chi connectivity index (χ0n) is 7.66. The molecular formula is C7H13F2NO3S. The van der Waals surface area contributed by atoms with Crippen LogP contribution in [0.5, 0.6) is 0 Å². The van der Waals surface area contributed by atoms with Crippen LogP contribution in [0.15, 0.2) is 0 Å². The van der Waals surface area contributed by atoms with Crippen LogP contribution in [0.25, 0.3) is 0 Å². The summed E-state index contributed by atoms with van der Waals surface area (Å²) < 4.78 is 51.7. The van der Waals surface area contributed by atoms with E-state index >= 15 is 0 Å². The van der Waals surface area contributed by atoms with E-state index in [0.717, 1.165) is 6.42 Å². The van der Waals surface area contributed by atoms with Gasteiger partial charge in [0.05, 0.1) is 12.4 Å². The Bertz CT molecular complexity index is 264. The first-order valence-corrected chi connectivity index (χ1v) is 5.97. The maximum atomic E-state index is 11.6. The normalized spacial score (nSPS) is 18.5. The van der Waals surface area contributed by atoms with Crippen molar-refractivity contribution in [1.29, 1.82) is 0 Å². The van der Waals surface area contributed by atoms with Gasteiger partial charge in [0, 0.05) is 13.1 Å². The van der Waals surface area contributed by atoms with Gasteiger partial charge in [-0.05, 0) is 6.42 Å². The van der Waals surface area contributed by atoms with Crippen molar-refractivity contribution in [1.82, 2.24) is 4.31 Å². The van der Waals surface area contributed by atoms with E-state index in [2.05, 4.69) is 4.74 Å². The summed E-state index contributed by atoms with van der Waals surface area (Å²) in [5, 5.41) is 0. The van der Waals surface area contributed by atoms with E-state index in [1.165, 1.54) is 4.31 Å². The molecule has 14 heavy (non-hydrogen) atoms. The van der Waals surface area contributed by atoms with Gasteiger partial charge in [-0.1, -0.05) is 0 Å². The van der Waals surface area contributed by atoms with Crippen LogP contribution in [-0.4, -0.2) is 51.2 Å². The van der Waals surface area contributed by atoms with Crippen molar-refractivity contribution in [3.8, 4) is 0 Å². The van der Waals surface area contributed by atoms with Gasteiger partial charge in [-0.3, -0.25) is 0 Å². The van der Waals surface area contributed by atoms with Gasteiger partial charge in [0.25, 0.3) is 6.43 Å². The van der Waals surface area contributed by atoms with Gasteiger partial charge in [0.2, 0.25) is 10.0 Å². The fourth-order valence-electron chi connectivity index (χ4n) is 1.03. The van der Waals surface area contributed by atoms with E-state index in [9.17, 15) is 17.2 Å². The van der Waals surface area contributed by atoms with Crippen LogP contribution in [0.3, 0.4) is 0 Å². The number of sulfonamides is 1. The van der Waals surface area contributed by atoms with Gasteiger partial charge in [0.15, 0.2) is 0 Å². The zero-order valence-corrected chi connectivity index (χ0v) is 8.47. The van der Waals surface area contributed by atoms with Gasteiger partial charge in [-0.15, -0.1) is 0 Å². The van der Waals surface area contributed by atoms with Crippen molar-refractivity contribution in [2.75, 3.05) is 32.1 Å². The minimum absolute atomic E-state index is 0.164. The lowest BCUT2D eigenvalue weighted by Gasteiger charge is -2.29. The minimum Gasteiger partial charge on any atom is -0.374 e. The second-order valence-corrected chi connectivity index (χ2v) is 5.12. The summed E-state index contributed by atoms with van der Waals surface area (Å²) in [6, 6.07) is 0. The van der Waals surface area contributed by atoms with Crippen LogP contribution in [0.2, 0.25) is 0 Å². The molecule has 0 aromatic carbocycles. The van der Waals surface area contributed by atoms with Crippen LogP contribution in [0, 0.1) is 0 Å². The molecule has 0 aliphatic carbocycles. The Morgan fingerprint density at radius 1 is 1.36 bits per heavy atom. The van der Waals surface area contributed by atoms with Crippen LogP contribution in [0.4, 0.5) is 8.78 Å². The highest BCUT2D eigenvalue weighted by molar-refractivity contribution is 7.89. The van der Waals surface area contributed by atoms with E-state index < -0.39 is 23.1 Å². The molecule has 0 spiro atoms. The van der Waals surface area contributed by atoms with E-state index in [-0.39, 0.29) is 12.4 Å². The molecule has 0 aromatic rings. The topological polar surface area (TPSA) is 46.6 Å². The monoisotopic (exact) mass is 229 g/mol. The molecular weight excluding hydrogens is 216 g/mol. The third-order valence-electron chi connectivity index (χ3n) is 1.94. The summed E-state index contributed by atoms with van der Waals surface area (Å²) in [4.78, 5) is 0. The summed E-state index contributed by atoms with van der Waals surface area (Å²) in [7, 11) is -3.26. The molecule has 84 valence electrons. The number of halogens is 2. The number of rotatable bonds is 6. The molecule has 1 rings (SSSR count). The predicted molar refractivity (Wildman–Crippen MR) is 46.8 cm³/mol. The Balaban J connectivity index is 2.16. The number of hydrogen-bond donors (Lipinski definition) is 0. The van der Waals surface area contributed by atoms with E-state index in [4.69, 9.17) is 0 Å². The first-order chi connectivity index (χ1) is 6.52. The smallest absolute Gasteiger partial charge is 0.261 e. The third kappa shape index (κ3) is 3.47. The maximum absolute atomic E-state index is 11.6. The Hall–Kier alpha value is -0.270. The average Bonchev–Trinajstić information content (AvgIpc) is 1.93. The fourth-order valence-corrected chi connectivity index (χ4v) is 2.43. The largest absolute Gasteiger partial charge is 0.374 e. The Labute approximate surface area is 81.9 Å². The third-order valence-corrected chi connectivity index (χ3v) is 3.77. The number of ether oxygens (including phenoxy) is 1. The van der Waals surface area contributed by atoms with Crippen molar-refractivity contribution in [3.05, 3.63) is 0 Å². The maximum Gasteiger partial charge on any atom is 0.261 e. The Morgan fingerprint density at radius 2 is 2.00 bits per heavy atom. The van der Waals surface area contributed by atoms with Crippen LogP contribution < -0.4 is 0 Å². The van der Waals surface area contributed by atoms with Crippen molar-refractivity contribution in [2.24, 2.45) is 0 Å². The standard InChI is InChI=1S/C7H13F2NO3S/c8-7(9)6-13-4-5-14(11,12)10-2-1-3-10/h7H,1-6H2. The van der Waals surface area contributed by atoms with Crippen LogP contribution >= 0.6 is 0 Å². The summed E-state index contributed by atoms with van der Waals surface area (Å²) in [6.45, 7) is 0.215. The zero-order chi connectivity index (χ0) is 10.6. The molecule has 7 heteroatoms. The minimum atomic E-state index is -3.26. The summed E-state index contributed by atoms with van der Waals surface area (Å²) in [5.74, 6) is -0.209. The number of nitrogens with zero attached hydrogens (tertiary/aromatic N) is 1. The molecule has 0 saturated carbocycles. The first kappa shape index (κ1) is 11.8. The SMILES string of the molecule is O=S(=O)(CCOCC(F)F)N1CCC1. The quantitative estimate of drug-likeness (QED) is 0.616. The molecule has 0 unspecified atom stereocenters. The molecule has 1 saturated heterocycles. The molecule has 0 bridgehead atoms. The van der Waals surface area contributed by atoms with Gasteiger partial charge in [-0.25, -0.2) is 21.5 Å². The highest BCUT2D eigenvalue weighted by Gasteiger charge is 2.26. The molecule has 0 N–H and O–H groups in total. The Morgan fingerprint density at radius 3 is 2.43 bits per heavy atom. The van der Waals surface area contributed by atoms with Gasteiger partial charge < -0.3 is 4.74 Å². The second-order valence-electron chi connectivity index (χ2n) is 3.03. The lowest BCUT2D eigenvalue weighted by Crippen LogP contribution is -2.43. The van der Waals surface area contributed by atoms with Crippen molar-refractivity contribution >= 4 is 10.0 Å². The lowest BCUT2D eigenvalue weighted by molar-refractivity contribution is 0.0231. The van der Waals surface area contributed by atoms with E-state index in [1.54, 1.807) is 0 Å². The number of hydrogen-bond acceptors (Lipinski definition) is 3.